The van der Waals surface area contributed by atoms with Crippen LogP contribution in [-0.2, 0) is 4.79 Å². The fourth-order valence-electron chi connectivity index (χ4n) is 3.78. The number of benzene rings is 2. The highest BCUT2D eigenvalue weighted by atomic mass is 32.2. The second kappa shape index (κ2) is 8.83. The van der Waals surface area contributed by atoms with Crippen LogP contribution >= 0.6 is 11.8 Å². The number of hydrogen-bond acceptors (Lipinski definition) is 5. The normalized spacial score (nSPS) is 14.9. The second-order valence-corrected chi connectivity index (χ2v) is 8.30. The summed E-state index contributed by atoms with van der Waals surface area (Å²) < 4.78 is 1.68. The van der Waals surface area contributed by atoms with Gasteiger partial charge >= 0.3 is 0 Å². The van der Waals surface area contributed by atoms with Crippen LogP contribution in [0.2, 0.25) is 0 Å². The lowest BCUT2D eigenvalue weighted by Gasteiger charge is -2.32. The van der Waals surface area contributed by atoms with Crippen molar-refractivity contribution in [1.82, 2.24) is 10.1 Å². The molecule has 0 radical (unpaired) electrons. The van der Waals surface area contributed by atoms with E-state index >= 15 is 0 Å². The minimum atomic E-state index is -0.542. The molecule has 0 spiro atoms. The number of fused-ring (bicyclic) bond motifs is 3. The molecule has 4 rings (SSSR count). The predicted molar refractivity (Wildman–Crippen MR) is 115 cm³/mol. The molecule has 0 saturated heterocycles. The molecule has 7 heteroatoms. The lowest BCUT2D eigenvalue weighted by Crippen LogP contribution is -2.58. The third kappa shape index (κ3) is 3.77. The number of thioether (sulfide) groups is 1. The zero-order chi connectivity index (χ0) is 21.1. The van der Waals surface area contributed by atoms with Crippen molar-refractivity contribution in [2.24, 2.45) is 0 Å². The minimum Gasteiger partial charge on any atom is -0.854 e. The van der Waals surface area contributed by atoms with E-state index in [-0.39, 0.29) is 11.8 Å². The number of para-hydroxylation sites is 1. The van der Waals surface area contributed by atoms with Crippen LogP contribution in [-0.4, -0.2) is 21.7 Å². The predicted octanol–water partition coefficient (Wildman–Crippen LogP) is 3.70. The van der Waals surface area contributed by atoms with Gasteiger partial charge in [-0.15, -0.1) is 0 Å². The number of nitrogens with zero attached hydrogens (tertiary/aromatic N) is 4. The molecule has 2 aromatic carbocycles. The highest BCUT2D eigenvalue weighted by molar-refractivity contribution is 7.99. The van der Waals surface area contributed by atoms with Crippen LogP contribution < -0.4 is 14.7 Å². The first-order valence-corrected chi connectivity index (χ1v) is 11.2. The van der Waals surface area contributed by atoms with Crippen molar-refractivity contribution >= 4 is 23.4 Å². The maximum Gasteiger partial charge on any atom is 0.293 e. The summed E-state index contributed by atoms with van der Waals surface area (Å²) in [7, 11) is 0. The van der Waals surface area contributed by atoms with Crippen LogP contribution in [0.3, 0.4) is 0 Å². The van der Waals surface area contributed by atoms with Crippen LogP contribution in [0, 0.1) is 0 Å². The van der Waals surface area contributed by atoms with Crippen molar-refractivity contribution in [2.75, 3.05) is 10.7 Å². The van der Waals surface area contributed by atoms with Gasteiger partial charge in [0.05, 0.1) is 17.1 Å². The summed E-state index contributed by atoms with van der Waals surface area (Å²) in [5, 5.41) is 18.3. The fraction of sp³-hybridized carbons (Fsp3) is 0.304. The van der Waals surface area contributed by atoms with Crippen molar-refractivity contribution in [1.29, 1.82) is 0 Å². The summed E-state index contributed by atoms with van der Waals surface area (Å²) >= 11 is 1.49. The third-order valence-electron chi connectivity index (χ3n) is 5.13. The molecule has 1 aromatic heterocycles. The summed E-state index contributed by atoms with van der Waals surface area (Å²) in [6, 6.07) is 17.1. The van der Waals surface area contributed by atoms with Crippen LogP contribution in [0.15, 0.2) is 59.8 Å². The van der Waals surface area contributed by atoms with Crippen LogP contribution in [0.1, 0.15) is 44.8 Å². The zero-order valence-corrected chi connectivity index (χ0v) is 17.9. The number of carbonyl (C=O) groups is 1. The molecule has 1 amide bonds. The zero-order valence-electron chi connectivity index (χ0n) is 17.1. The van der Waals surface area contributed by atoms with E-state index in [4.69, 9.17) is 5.10 Å². The van der Waals surface area contributed by atoms with Gasteiger partial charge in [-0.25, -0.2) is 9.88 Å². The number of aromatic nitrogens is 3. The molecule has 0 aliphatic carbocycles. The van der Waals surface area contributed by atoms with E-state index in [1.54, 1.807) is 9.58 Å². The third-order valence-corrected chi connectivity index (χ3v) is 6.06. The quantitative estimate of drug-likeness (QED) is 0.345. The Morgan fingerprint density at radius 1 is 1.13 bits per heavy atom. The minimum absolute atomic E-state index is 0.113. The van der Waals surface area contributed by atoms with Gasteiger partial charge in [0.15, 0.2) is 0 Å². The summed E-state index contributed by atoms with van der Waals surface area (Å²) in [5.41, 5.74) is 2.67. The molecule has 3 aromatic rings. The Morgan fingerprint density at radius 2 is 1.87 bits per heavy atom. The summed E-state index contributed by atoms with van der Waals surface area (Å²) in [5.74, 6) is 0.424. The molecular weight excluding hydrogens is 396 g/mol. The Bertz CT molecular complexity index is 1060. The van der Waals surface area contributed by atoms with Gasteiger partial charge in [0, 0.05) is 23.3 Å². The van der Waals surface area contributed by atoms with Crippen LogP contribution in [0.25, 0.3) is 11.3 Å². The van der Waals surface area contributed by atoms with E-state index in [1.165, 1.54) is 18.7 Å². The number of anilines is 1. The lowest BCUT2D eigenvalue weighted by molar-refractivity contribution is -0.764. The van der Waals surface area contributed by atoms with E-state index < -0.39 is 6.17 Å². The van der Waals surface area contributed by atoms with Gasteiger partial charge in [0.2, 0.25) is 5.91 Å². The number of amides is 1. The van der Waals surface area contributed by atoms with Gasteiger partial charge < -0.3 is 5.11 Å². The fourth-order valence-corrected chi connectivity index (χ4v) is 4.60. The molecule has 1 atom stereocenters. The molecule has 2 heterocycles. The Labute approximate surface area is 180 Å². The largest absolute Gasteiger partial charge is 0.854 e. The monoisotopic (exact) mass is 420 g/mol. The first-order valence-electron chi connectivity index (χ1n) is 10.2. The Kier molecular flexibility index (Phi) is 5.99. The van der Waals surface area contributed by atoms with Gasteiger partial charge in [-0.1, -0.05) is 78.7 Å². The van der Waals surface area contributed by atoms with Crippen LogP contribution in [0.4, 0.5) is 5.69 Å². The van der Waals surface area contributed by atoms with Crippen molar-refractivity contribution in [3.05, 3.63) is 60.2 Å². The Hall–Kier alpha value is -2.93. The average Bonchev–Trinajstić information content (AvgIpc) is 2.76. The first kappa shape index (κ1) is 20.3. The molecule has 6 nitrogen and oxygen atoms in total. The highest BCUT2D eigenvalue weighted by Crippen LogP contribution is 2.40. The molecule has 1 unspecified atom stereocenters. The summed E-state index contributed by atoms with van der Waals surface area (Å²) in [6.45, 7) is 3.70. The second-order valence-electron chi connectivity index (χ2n) is 7.24. The molecule has 0 bridgehead atoms. The van der Waals surface area contributed by atoms with Gasteiger partial charge in [0.1, 0.15) is 0 Å². The van der Waals surface area contributed by atoms with Crippen molar-refractivity contribution in [3.63, 3.8) is 0 Å². The molecule has 154 valence electrons. The Morgan fingerprint density at radius 3 is 2.60 bits per heavy atom. The standard InChI is InChI=1S/C23H24N4O2S/c1-3-4-10-15-30-23-24-21(29)20-18-13-8-9-14-19(18)26(16(2)28)22(27(20)25-23)17-11-6-5-7-12-17/h5-9,11-14,22H,3-4,10,15H2,1-2H3. The summed E-state index contributed by atoms with van der Waals surface area (Å²) in [4.78, 5) is 18.7. The number of carbonyl (C=O) groups excluding carboxylic acids is 1. The van der Waals surface area contributed by atoms with E-state index in [1.807, 2.05) is 54.6 Å². The molecule has 1 aliphatic heterocycles. The van der Waals surface area contributed by atoms with Crippen molar-refractivity contribution in [3.8, 4) is 17.1 Å². The average molecular weight is 421 g/mol. The molecule has 0 saturated carbocycles. The smallest absolute Gasteiger partial charge is 0.293 e. The van der Waals surface area contributed by atoms with Gasteiger partial charge in [-0.05, 0) is 18.6 Å². The molecular formula is C23H24N4O2S. The van der Waals surface area contributed by atoms with Crippen LogP contribution in [0.5, 0.6) is 5.88 Å². The molecule has 30 heavy (non-hydrogen) atoms. The van der Waals surface area contributed by atoms with Crippen molar-refractivity contribution < 1.29 is 14.6 Å². The van der Waals surface area contributed by atoms with E-state index in [0.29, 0.717) is 22.1 Å². The van der Waals surface area contributed by atoms with Crippen molar-refractivity contribution in [2.45, 2.75) is 44.4 Å². The maximum atomic E-state index is 13.1. The SMILES string of the molecule is CCCCCSc1nc([O-])c2[n+](n1)C(c1ccccc1)N(C(C)=O)c1ccccc1-2. The summed E-state index contributed by atoms with van der Waals surface area (Å²) in [6.07, 6.45) is 2.77. The van der Waals surface area contributed by atoms with E-state index in [0.717, 1.165) is 30.6 Å². The maximum absolute atomic E-state index is 13.1. The van der Waals surface area contributed by atoms with E-state index in [9.17, 15) is 9.90 Å². The number of rotatable bonds is 6. The number of hydrogen-bond donors (Lipinski definition) is 0. The van der Waals surface area contributed by atoms with E-state index in [2.05, 4.69) is 11.9 Å². The highest BCUT2D eigenvalue weighted by Gasteiger charge is 2.43. The number of unbranched alkanes of at least 4 members (excludes halogenated alkanes) is 2. The molecule has 0 fully saturated rings. The molecule has 0 N–H and O–H groups in total. The lowest BCUT2D eigenvalue weighted by atomic mass is 10.0. The van der Waals surface area contributed by atoms with Gasteiger partial charge in [-0.3, -0.25) is 4.79 Å². The van der Waals surface area contributed by atoms with Gasteiger partial charge in [-0.2, -0.15) is 0 Å². The topological polar surface area (TPSA) is 73.0 Å². The first-order chi connectivity index (χ1) is 14.6. The van der Waals surface area contributed by atoms with Gasteiger partial charge in [0.25, 0.3) is 17.0 Å². The molecule has 1 aliphatic rings. The Balaban J connectivity index is 1.89.